The third-order valence-electron chi connectivity index (χ3n) is 3.45. The van der Waals surface area contributed by atoms with E-state index in [9.17, 15) is 10.5 Å². The lowest BCUT2D eigenvalue weighted by atomic mass is 9.96. The predicted molar refractivity (Wildman–Crippen MR) is 91.3 cm³/mol. The highest BCUT2D eigenvalue weighted by Gasteiger charge is 2.15. The highest BCUT2D eigenvalue weighted by atomic mass is 16.5. The van der Waals surface area contributed by atoms with Crippen molar-refractivity contribution in [2.24, 2.45) is 0 Å². The Morgan fingerprint density at radius 2 is 1.57 bits per heavy atom. The van der Waals surface area contributed by atoms with Crippen molar-refractivity contribution in [1.29, 1.82) is 10.5 Å². The Balaban J connectivity index is 2.51. The van der Waals surface area contributed by atoms with Crippen LogP contribution in [0.5, 0.6) is 5.75 Å². The molecule has 0 atom stereocenters. The van der Waals surface area contributed by atoms with Crippen molar-refractivity contribution in [3.05, 3.63) is 65.7 Å². The quantitative estimate of drug-likeness (QED) is 0.436. The molecule has 0 bridgehead atoms. The number of unbranched alkanes of at least 4 members (excludes halogenated alkanes) is 1. The van der Waals surface area contributed by atoms with Crippen LogP contribution in [0.2, 0.25) is 0 Å². The molecule has 23 heavy (non-hydrogen) atoms. The maximum atomic E-state index is 9.62. The van der Waals surface area contributed by atoms with Crippen LogP contribution < -0.4 is 4.74 Å². The van der Waals surface area contributed by atoms with Crippen molar-refractivity contribution in [2.45, 2.75) is 19.8 Å². The minimum atomic E-state index is 0.339. The van der Waals surface area contributed by atoms with Crippen molar-refractivity contribution >= 4 is 11.1 Å². The van der Waals surface area contributed by atoms with Gasteiger partial charge in [0.15, 0.2) is 0 Å². The lowest BCUT2D eigenvalue weighted by molar-refractivity contribution is 0.308. The number of allylic oxidation sites excluding steroid dienone is 2. The number of hydrogen-bond acceptors (Lipinski definition) is 3. The fourth-order valence-electron chi connectivity index (χ4n) is 2.25. The zero-order valence-corrected chi connectivity index (χ0v) is 13.1. The number of para-hydroxylation sites is 1. The van der Waals surface area contributed by atoms with Crippen LogP contribution in [0, 0.1) is 22.7 Å². The molecule has 0 radical (unpaired) electrons. The van der Waals surface area contributed by atoms with Gasteiger partial charge in [-0.25, -0.2) is 0 Å². The summed E-state index contributed by atoms with van der Waals surface area (Å²) < 4.78 is 5.80. The lowest BCUT2D eigenvalue weighted by Crippen LogP contribution is -2.00. The van der Waals surface area contributed by atoms with E-state index in [4.69, 9.17) is 4.74 Å². The number of nitriles is 2. The predicted octanol–water partition coefficient (Wildman–Crippen LogP) is 4.82. The first kappa shape index (κ1) is 16.3. The third kappa shape index (κ3) is 3.99. The molecule has 0 unspecified atom stereocenters. The van der Waals surface area contributed by atoms with Gasteiger partial charge in [-0.3, -0.25) is 0 Å². The molecule has 0 saturated heterocycles. The molecule has 0 aliphatic rings. The summed E-state index contributed by atoms with van der Waals surface area (Å²) in [4.78, 5) is 0. The maximum absolute atomic E-state index is 9.62. The van der Waals surface area contributed by atoms with Crippen LogP contribution in [0.1, 0.15) is 30.9 Å². The first-order chi connectivity index (χ1) is 11.3. The molecule has 3 heteroatoms. The average molecular weight is 302 g/mol. The molecular weight excluding hydrogens is 284 g/mol. The second-order valence-corrected chi connectivity index (χ2v) is 5.04. The highest BCUT2D eigenvalue weighted by molar-refractivity contribution is 6.03. The minimum Gasteiger partial charge on any atom is -0.493 e. The van der Waals surface area contributed by atoms with E-state index in [1.165, 1.54) is 0 Å². The van der Waals surface area contributed by atoms with E-state index in [2.05, 4.69) is 19.1 Å². The van der Waals surface area contributed by atoms with Gasteiger partial charge in [0.05, 0.1) is 17.8 Å². The van der Waals surface area contributed by atoms with Crippen LogP contribution in [-0.4, -0.2) is 6.61 Å². The highest BCUT2D eigenvalue weighted by Crippen LogP contribution is 2.31. The minimum absolute atomic E-state index is 0.339. The molecule has 114 valence electrons. The molecule has 0 saturated carbocycles. The monoisotopic (exact) mass is 302 g/mol. The van der Waals surface area contributed by atoms with Gasteiger partial charge in [-0.2, -0.15) is 10.5 Å². The van der Waals surface area contributed by atoms with E-state index in [0.717, 1.165) is 18.4 Å². The molecule has 0 aliphatic carbocycles. The molecule has 0 heterocycles. The first-order valence-corrected chi connectivity index (χ1v) is 7.64. The summed E-state index contributed by atoms with van der Waals surface area (Å²) in [5.41, 5.74) is 2.09. The average Bonchev–Trinajstić information content (AvgIpc) is 2.61. The summed E-state index contributed by atoms with van der Waals surface area (Å²) in [6.07, 6.45) is 1.99. The Morgan fingerprint density at radius 1 is 0.913 bits per heavy atom. The van der Waals surface area contributed by atoms with Gasteiger partial charge in [0.2, 0.25) is 0 Å². The molecule has 0 fully saturated rings. The van der Waals surface area contributed by atoms with Crippen molar-refractivity contribution in [3.8, 4) is 17.9 Å². The van der Waals surface area contributed by atoms with E-state index < -0.39 is 0 Å². The van der Waals surface area contributed by atoms with E-state index in [0.29, 0.717) is 29.1 Å². The SMILES string of the molecule is CCCCOc1ccccc1C(C#N)=C(C#N)c1ccccc1. The van der Waals surface area contributed by atoms with Crippen LogP contribution in [-0.2, 0) is 0 Å². The summed E-state index contributed by atoms with van der Waals surface area (Å²) in [7, 11) is 0. The summed E-state index contributed by atoms with van der Waals surface area (Å²) in [6.45, 7) is 2.69. The normalized spacial score (nSPS) is 11.1. The number of nitrogens with zero attached hydrogens (tertiary/aromatic N) is 2. The summed E-state index contributed by atoms with van der Waals surface area (Å²) in [6, 6.07) is 21.0. The Hall–Kier alpha value is -3.04. The molecule has 0 amide bonds. The molecule has 0 aliphatic heterocycles. The molecule has 0 aromatic heterocycles. The maximum Gasteiger partial charge on any atom is 0.127 e. The smallest absolute Gasteiger partial charge is 0.127 e. The molecule has 2 aromatic carbocycles. The fourth-order valence-corrected chi connectivity index (χ4v) is 2.25. The lowest BCUT2D eigenvalue weighted by Gasteiger charge is -2.11. The van der Waals surface area contributed by atoms with E-state index in [-0.39, 0.29) is 0 Å². The van der Waals surface area contributed by atoms with Gasteiger partial charge >= 0.3 is 0 Å². The zero-order valence-electron chi connectivity index (χ0n) is 13.1. The Kier molecular flexibility index (Phi) is 5.98. The van der Waals surface area contributed by atoms with Crippen molar-refractivity contribution in [3.63, 3.8) is 0 Å². The molecular formula is C20H18N2O. The zero-order chi connectivity index (χ0) is 16.5. The van der Waals surface area contributed by atoms with Gasteiger partial charge in [-0.15, -0.1) is 0 Å². The van der Waals surface area contributed by atoms with E-state index in [1.807, 2.05) is 54.6 Å². The van der Waals surface area contributed by atoms with Crippen molar-refractivity contribution in [2.75, 3.05) is 6.61 Å². The van der Waals surface area contributed by atoms with Crippen LogP contribution in [0.3, 0.4) is 0 Å². The van der Waals surface area contributed by atoms with Crippen molar-refractivity contribution < 1.29 is 4.74 Å². The molecule has 2 rings (SSSR count). The van der Waals surface area contributed by atoms with Gasteiger partial charge in [0.1, 0.15) is 17.9 Å². The van der Waals surface area contributed by atoms with Gasteiger partial charge in [-0.05, 0) is 24.1 Å². The molecule has 0 N–H and O–H groups in total. The topological polar surface area (TPSA) is 56.8 Å². The van der Waals surface area contributed by atoms with Crippen LogP contribution in [0.4, 0.5) is 0 Å². The summed E-state index contributed by atoms with van der Waals surface area (Å²) in [5.74, 6) is 0.640. The Bertz CT molecular complexity index is 764. The molecule has 0 spiro atoms. The van der Waals surface area contributed by atoms with Gasteiger partial charge in [0.25, 0.3) is 0 Å². The molecule has 3 nitrogen and oxygen atoms in total. The van der Waals surface area contributed by atoms with Gasteiger partial charge in [-0.1, -0.05) is 55.8 Å². The second kappa shape index (κ2) is 8.41. The first-order valence-electron chi connectivity index (χ1n) is 7.64. The van der Waals surface area contributed by atoms with Crippen LogP contribution >= 0.6 is 0 Å². The van der Waals surface area contributed by atoms with Gasteiger partial charge < -0.3 is 4.74 Å². The Labute approximate surface area is 137 Å². The van der Waals surface area contributed by atoms with Crippen LogP contribution in [0.25, 0.3) is 11.1 Å². The van der Waals surface area contributed by atoms with E-state index >= 15 is 0 Å². The fraction of sp³-hybridized carbons (Fsp3) is 0.200. The second-order valence-electron chi connectivity index (χ2n) is 5.04. The largest absolute Gasteiger partial charge is 0.493 e. The van der Waals surface area contributed by atoms with Crippen LogP contribution in [0.15, 0.2) is 54.6 Å². The summed E-state index contributed by atoms with van der Waals surface area (Å²) in [5, 5.41) is 19.2. The molecule has 2 aromatic rings. The van der Waals surface area contributed by atoms with Crippen molar-refractivity contribution in [1.82, 2.24) is 0 Å². The summed E-state index contributed by atoms with van der Waals surface area (Å²) >= 11 is 0. The third-order valence-corrected chi connectivity index (χ3v) is 3.45. The number of hydrogen-bond donors (Lipinski definition) is 0. The Morgan fingerprint density at radius 3 is 2.22 bits per heavy atom. The number of ether oxygens (including phenoxy) is 1. The standard InChI is InChI=1S/C20H18N2O/c1-2-3-13-23-20-12-8-7-11-17(20)19(15-22)18(14-21)16-9-5-4-6-10-16/h4-12H,2-3,13H2,1H3. The van der Waals surface area contributed by atoms with E-state index in [1.54, 1.807) is 0 Å². The van der Waals surface area contributed by atoms with Gasteiger partial charge in [0, 0.05) is 5.56 Å². The number of rotatable bonds is 6. The number of benzene rings is 2.